The summed E-state index contributed by atoms with van der Waals surface area (Å²) in [5, 5.41) is 16.9. The second-order valence-electron chi connectivity index (χ2n) is 3.30. The van der Waals surface area contributed by atoms with E-state index in [0.717, 1.165) is 0 Å². The summed E-state index contributed by atoms with van der Waals surface area (Å²) < 4.78 is 25.6. The Bertz CT molecular complexity index is 607. The van der Waals surface area contributed by atoms with E-state index in [-0.39, 0.29) is 28.4 Å². The number of nitrogens with one attached hydrogen (secondary N) is 1. The zero-order chi connectivity index (χ0) is 13.8. The molecule has 96 valence electrons. The van der Waals surface area contributed by atoms with Crippen molar-refractivity contribution in [1.29, 1.82) is 5.26 Å². The number of carboxylic acids is 1. The van der Waals surface area contributed by atoms with Crippen molar-refractivity contribution >= 4 is 27.6 Å². The van der Waals surface area contributed by atoms with Gasteiger partial charge in [0.15, 0.2) is 0 Å². The van der Waals surface area contributed by atoms with Crippen LogP contribution in [0.5, 0.6) is 0 Å². The van der Waals surface area contributed by atoms with Gasteiger partial charge in [0.25, 0.3) is 0 Å². The van der Waals surface area contributed by atoms with Gasteiger partial charge >= 0.3 is 5.97 Å². The van der Waals surface area contributed by atoms with Gasteiger partial charge in [-0.2, -0.15) is 5.26 Å². The van der Waals surface area contributed by atoms with Gasteiger partial charge in [0.1, 0.15) is 4.90 Å². The number of rotatable bonds is 5. The van der Waals surface area contributed by atoms with E-state index in [1.165, 1.54) is 18.2 Å². The topological polar surface area (TPSA) is 107 Å². The van der Waals surface area contributed by atoms with Crippen LogP contribution in [-0.2, 0) is 14.8 Å². The molecule has 0 atom stereocenters. The maximum absolute atomic E-state index is 11.8. The van der Waals surface area contributed by atoms with Crippen LogP contribution in [0, 0.1) is 11.3 Å². The van der Waals surface area contributed by atoms with Crippen LogP contribution < -0.4 is 4.72 Å². The largest absolute Gasteiger partial charge is 0.481 e. The van der Waals surface area contributed by atoms with Crippen molar-refractivity contribution in [2.24, 2.45) is 0 Å². The summed E-state index contributed by atoms with van der Waals surface area (Å²) in [4.78, 5) is 10.1. The number of nitrogens with zero attached hydrogens (tertiary/aromatic N) is 1. The van der Waals surface area contributed by atoms with E-state index in [9.17, 15) is 13.2 Å². The van der Waals surface area contributed by atoms with Gasteiger partial charge in [0.2, 0.25) is 10.0 Å². The quantitative estimate of drug-likeness (QED) is 0.839. The third-order valence-corrected chi connectivity index (χ3v) is 3.93. The van der Waals surface area contributed by atoms with Gasteiger partial charge in [0.05, 0.1) is 23.1 Å². The molecular weight excluding hydrogens is 280 g/mol. The van der Waals surface area contributed by atoms with Crippen LogP contribution in [-0.4, -0.2) is 26.0 Å². The van der Waals surface area contributed by atoms with Gasteiger partial charge in [-0.1, -0.05) is 11.6 Å². The molecule has 0 aliphatic rings. The molecule has 0 fully saturated rings. The Hall–Kier alpha value is -1.62. The summed E-state index contributed by atoms with van der Waals surface area (Å²) in [6.45, 7) is -0.228. The van der Waals surface area contributed by atoms with Crippen molar-refractivity contribution in [2.75, 3.05) is 6.54 Å². The average molecular weight is 289 g/mol. The minimum absolute atomic E-state index is 0.0862. The molecule has 8 heteroatoms. The van der Waals surface area contributed by atoms with E-state index in [0.29, 0.717) is 0 Å². The fourth-order valence-electron chi connectivity index (χ4n) is 1.16. The number of hydrogen-bond acceptors (Lipinski definition) is 4. The van der Waals surface area contributed by atoms with Crippen LogP contribution in [0.1, 0.15) is 12.0 Å². The Balaban J connectivity index is 2.92. The summed E-state index contributed by atoms with van der Waals surface area (Å²) in [6.07, 6.45) is -0.326. The molecule has 1 rings (SSSR count). The van der Waals surface area contributed by atoms with E-state index < -0.39 is 16.0 Å². The lowest BCUT2D eigenvalue weighted by Crippen LogP contribution is -2.26. The normalized spacial score (nSPS) is 10.9. The molecule has 0 unspecified atom stereocenters. The molecule has 1 aromatic carbocycles. The van der Waals surface area contributed by atoms with Crippen LogP contribution in [0.4, 0.5) is 0 Å². The molecule has 0 heterocycles. The molecular formula is C10H9ClN2O4S. The van der Waals surface area contributed by atoms with Crippen molar-refractivity contribution in [3.63, 3.8) is 0 Å². The fourth-order valence-corrected chi connectivity index (χ4v) is 2.73. The average Bonchev–Trinajstić information content (AvgIpc) is 2.27. The Morgan fingerprint density at radius 2 is 2.17 bits per heavy atom. The molecule has 0 aliphatic heterocycles. The first kappa shape index (κ1) is 14.4. The Kier molecular flexibility index (Phi) is 4.67. The summed E-state index contributed by atoms with van der Waals surface area (Å²) in [5.41, 5.74) is 0.240. The predicted molar refractivity (Wildman–Crippen MR) is 63.6 cm³/mol. The van der Waals surface area contributed by atoms with Crippen LogP contribution in [0.25, 0.3) is 0 Å². The van der Waals surface area contributed by atoms with Gasteiger partial charge in [-0.25, -0.2) is 13.1 Å². The van der Waals surface area contributed by atoms with Crippen molar-refractivity contribution < 1.29 is 18.3 Å². The number of hydrogen-bond donors (Lipinski definition) is 2. The molecule has 6 nitrogen and oxygen atoms in total. The van der Waals surface area contributed by atoms with Gasteiger partial charge in [-0.05, 0) is 18.2 Å². The minimum Gasteiger partial charge on any atom is -0.481 e. The third-order valence-electron chi connectivity index (χ3n) is 1.98. The van der Waals surface area contributed by atoms with Crippen molar-refractivity contribution in [1.82, 2.24) is 4.72 Å². The summed E-state index contributed by atoms with van der Waals surface area (Å²) >= 11 is 5.75. The Labute approximate surface area is 109 Å². The number of benzene rings is 1. The molecule has 0 aliphatic carbocycles. The lowest BCUT2D eigenvalue weighted by atomic mass is 10.2. The standard InChI is InChI=1S/C10H9ClN2O4S/c11-8-5-7(6-12)1-2-9(8)18(16,17)13-4-3-10(14)15/h1-2,5,13H,3-4H2,(H,14,15). The second-order valence-corrected chi connectivity index (χ2v) is 5.44. The van der Waals surface area contributed by atoms with Crippen LogP contribution in [0.15, 0.2) is 23.1 Å². The van der Waals surface area contributed by atoms with Gasteiger partial charge in [0, 0.05) is 6.54 Å². The molecule has 0 radical (unpaired) electrons. The van der Waals surface area contributed by atoms with Crippen LogP contribution >= 0.6 is 11.6 Å². The molecule has 2 N–H and O–H groups in total. The summed E-state index contributed by atoms with van der Waals surface area (Å²) in [6, 6.07) is 5.57. The van der Waals surface area contributed by atoms with Crippen molar-refractivity contribution in [3.8, 4) is 6.07 Å². The van der Waals surface area contributed by atoms with Crippen molar-refractivity contribution in [2.45, 2.75) is 11.3 Å². The first-order valence-corrected chi connectivity index (χ1v) is 6.64. The van der Waals surface area contributed by atoms with Crippen molar-refractivity contribution in [3.05, 3.63) is 28.8 Å². The van der Waals surface area contributed by atoms with Crippen LogP contribution in [0.2, 0.25) is 5.02 Å². The van der Waals surface area contributed by atoms with E-state index in [2.05, 4.69) is 4.72 Å². The molecule has 1 aromatic rings. The predicted octanol–water partition coefficient (Wildman–Crippen LogP) is 0.965. The monoisotopic (exact) mass is 288 g/mol. The molecule has 0 spiro atoms. The highest BCUT2D eigenvalue weighted by molar-refractivity contribution is 7.89. The first-order valence-electron chi connectivity index (χ1n) is 4.78. The number of aliphatic carboxylic acids is 1. The maximum atomic E-state index is 11.8. The highest BCUT2D eigenvalue weighted by Gasteiger charge is 2.18. The molecule has 0 bridgehead atoms. The van der Waals surface area contributed by atoms with Gasteiger partial charge in [-0.15, -0.1) is 0 Å². The molecule has 0 amide bonds. The Morgan fingerprint density at radius 3 is 2.67 bits per heavy atom. The molecule has 0 aromatic heterocycles. The van der Waals surface area contributed by atoms with Crippen LogP contribution in [0.3, 0.4) is 0 Å². The number of carboxylic acid groups (broad SMARTS) is 1. The molecule has 0 saturated carbocycles. The smallest absolute Gasteiger partial charge is 0.304 e. The SMILES string of the molecule is N#Cc1ccc(S(=O)(=O)NCCC(=O)O)c(Cl)c1. The highest BCUT2D eigenvalue weighted by atomic mass is 35.5. The zero-order valence-electron chi connectivity index (χ0n) is 9.05. The zero-order valence-corrected chi connectivity index (χ0v) is 10.6. The Morgan fingerprint density at radius 1 is 1.50 bits per heavy atom. The number of carbonyl (C=O) groups is 1. The van der Waals surface area contributed by atoms with E-state index >= 15 is 0 Å². The lowest BCUT2D eigenvalue weighted by molar-refractivity contribution is -0.136. The van der Waals surface area contributed by atoms with Gasteiger partial charge in [-0.3, -0.25) is 4.79 Å². The van der Waals surface area contributed by atoms with E-state index in [1.807, 2.05) is 6.07 Å². The summed E-state index contributed by atoms with van der Waals surface area (Å²) in [7, 11) is -3.87. The minimum atomic E-state index is -3.87. The summed E-state index contributed by atoms with van der Waals surface area (Å²) in [5.74, 6) is -1.11. The molecule has 18 heavy (non-hydrogen) atoms. The molecule has 0 saturated heterocycles. The second kappa shape index (κ2) is 5.82. The first-order chi connectivity index (χ1) is 8.36. The fraction of sp³-hybridized carbons (Fsp3) is 0.200. The number of halogens is 1. The number of nitriles is 1. The van der Waals surface area contributed by atoms with Gasteiger partial charge < -0.3 is 5.11 Å². The highest BCUT2D eigenvalue weighted by Crippen LogP contribution is 2.22. The third kappa shape index (κ3) is 3.70. The number of sulfonamides is 1. The van der Waals surface area contributed by atoms with E-state index in [4.69, 9.17) is 22.0 Å². The maximum Gasteiger partial charge on any atom is 0.304 e. The van der Waals surface area contributed by atoms with E-state index in [1.54, 1.807) is 0 Å². The lowest BCUT2D eigenvalue weighted by Gasteiger charge is -2.07.